The average Bonchev–Trinajstić information content (AvgIpc) is 2.71. The van der Waals surface area contributed by atoms with Crippen molar-refractivity contribution in [1.82, 2.24) is 10.9 Å². The van der Waals surface area contributed by atoms with E-state index in [1.807, 2.05) is 30.3 Å². The highest BCUT2D eigenvalue weighted by Gasteiger charge is 2.30. The van der Waals surface area contributed by atoms with Crippen LogP contribution < -0.4 is 20.3 Å². The molecule has 1 aliphatic heterocycles. The molecule has 6 nitrogen and oxygen atoms in total. The minimum Gasteiger partial charge on any atom is -0.485 e. The Bertz CT molecular complexity index is 836. The molecule has 0 radical (unpaired) electrons. The van der Waals surface area contributed by atoms with E-state index in [-0.39, 0.29) is 18.4 Å². The van der Waals surface area contributed by atoms with Crippen molar-refractivity contribution in [3.8, 4) is 11.5 Å². The Morgan fingerprint density at radius 1 is 0.923 bits per heavy atom. The van der Waals surface area contributed by atoms with E-state index in [2.05, 4.69) is 16.9 Å². The Hall–Kier alpha value is -3.02. The molecule has 134 valence electrons. The molecule has 26 heavy (non-hydrogen) atoms. The van der Waals surface area contributed by atoms with Crippen molar-refractivity contribution in [2.45, 2.75) is 31.3 Å². The number of para-hydroxylation sites is 2. The predicted octanol–water partition coefficient (Wildman–Crippen LogP) is 2.09. The van der Waals surface area contributed by atoms with Crippen molar-refractivity contribution in [2.75, 3.05) is 6.61 Å². The third-order valence-corrected chi connectivity index (χ3v) is 4.80. The summed E-state index contributed by atoms with van der Waals surface area (Å²) in [4.78, 5) is 24.9. The minimum absolute atomic E-state index is 0.102. The first-order valence-electron chi connectivity index (χ1n) is 8.78. The molecule has 0 bridgehead atoms. The highest BCUT2D eigenvalue weighted by molar-refractivity contribution is 5.88. The number of carbonyl (C=O) groups is 2. The fourth-order valence-corrected chi connectivity index (χ4v) is 3.47. The fraction of sp³-hybridized carbons (Fsp3) is 0.300. The van der Waals surface area contributed by atoms with Crippen LogP contribution in [0.1, 0.15) is 29.9 Å². The Kier molecular flexibility index (Phi) is 4.48. The number of hydrogen-bond donors (Lipinski definition) is 2. The van der Waals surface area contributed by atoms with Gasteiger partial charge in [0, 0.05) is 0 Å². The maximum Gasteiger partial charge on any atom is 0.283 e. The van der Waals surface area contributed by atoms with Crippen molar-refractivity contribution in [3.63, 3.8) is 0 Å². The molecule has 2 amide bonds. The van der Waals surface area contributed by atoms with Gasteiger partial charge in [0.05, 0.1) is 5.92 Å². The Morgan fingerprint density at radius 3 is 2.54 bits per heavy atom. The summed E-state index contributed by atoms with van der Waals surface area (Å²) in [6.07, 6.45) is 1.91. The summed E-state index contributed by atoms with van der Waals surface area (Å²) >= 11 is 0. The van der Waals surface area contributed by atoms with Gasteiger partial charge in [0.25, 0.3) is 5.91 Å². The zero-order valence-corrected chi connectivity index (χ0v) is 14.2. The summed E-state index contributed by atoms with van der Waals surface area (Å²) in [5, 5.41) is 0. The molecule has 2 atom stereocenters. The molecule has 0 spiro atoms. The number of fused-ring (bicyclic) bond motifs is 2. The molecule has 0 fully saturated rings. The quantitative estimate of drug-likeness (QED) is 0.812. The van der Waals surface area contributed by atoms with E-state index >= 15 is 0 Å². The third kappa shape index (κ3) is 3.22. The maximum absolute atomic E-state index is 12.5. The highest BCUT2D eigenvalue weighted by Crippen LogP contribution is 2.32. The summed E-state index contributed by atoms with van der Waals surface area (Å²) in [5.41, 5.74) is 7.25. The lowest BCUT2D eigenvalue weighted by Crippen LogP contribution is -2.52. The third-order valence-electron chi connectivity index (χ3n) is 4.80. The lowest BCUT2D eigenvalue weighted by atomic mass is 9.82. The van der Waals surface area contributed by atoms with Crippen LogP contribution in [-0.2, 0) is 16.0 Å². The molecule has 0 saturated carbocycles. The van der Waals surface area contributed by atoms with Crippen molar-refractivity contribution in [2.24, 2.45) is 0 Å². The van der Waals surface area contributed by atoms with Gasteiger partial charge >= 0.3 is 0 Å². The number of carbonyl (C=O) groups excluding carboxylic acids is 2. The second kappa shape index (κ2) is 7.07. The SMILES string of the molecule is O=C(NNC(=O)C1CCCc2ccccc21)C1COc2ccccc2O1. The summed E-state index contributed by atoms with van der Waals surface area (Å²) in [5.74, 6) is 0.245. The van der Waals surface area contributed by atoms with Crippen LogP contribution in [0.15, 0.2) is 48.5 Å². The predicted molar refractivity (Wildman–Crippen MR) is 94.8 cm³/mol. The molecule has 2 N–H and O–H groups in total. The van der Waals surface area contributed by atoms with Gasteiger partial charge in [0.1, 0.15) is 6.61 Å². The largest absolute Gasteiger partial charge is 0.485 e. The van der Waals surface area contributed by atoms with E-state index in [4.69, 9.17) is 9.47 Å². The van der Waals surface area contributed by atoms with E-state index in [1.54, 1.807) is 12.1 Å². The van der Waals surface area contributed by atoms with E-state index in [0.29, 0.717) is 11.5 Å². The summed E-state index contributed by atoms with van der Waals surface area (Å²) in [6.45, 7) is 0.102. The Labute approximate surface area is 151 Å². The van der Waals surface area contributed by atoms with Gasteiger partial charge in [-0.1, -0.05) is 36.4 Å². The number of rotatable bonds is 2. The van der Waals surface area contributed by atoms with Gasteiger partial charge < -0.3 is 9.47 Å². The average molecular weight is 352 g/mol. The van der Waals surface area contributed by atoms with Gasteiger partial charge in [-0.25, -0.2) is 0 Å². The van der Waals surface area contributed by atoms with Crippen molar-refractivity contribution >= 4 is 11.8 Å². The van der Waals surface area contributed by atoms with Gasteiger partial charge in [-0.05, 0) is 42.5 Å². The fourth-order valence-electron chi connectivity index (χ4n) is 3.47. The molecule has 0 saturated heterocycles. The Balaban J connectivity index is 1.36. The van der Waals surface area contributed by atoms with Gasteiger partial charge in [0.2, 0.25) is 12.0 Å². The Morgan fingerprint density at radius 2 is 1.65 bits per heavy atom. The van der Waals surface area contributed by atoms with E-state index in [1.165, 1.54) is 5.56 Å². The second-order valence-electron chi connectivity index (χ2n) is 6.49. The van der Waals surface area contributed by atoms with Crippen LogP contribution in [0.5, 0.6) is 11.5 Å². The molecule has 2 aliphatic rings. The molecule has 1 heterocycles. The van der Waals surface area contributed by atoms with Crippen molar-refractivity contribution in [3.05, 3.63) is 59.7 Å². The monoisotopic (exact) mass is 352 g/mol. The normalized spacial score (nSPS) is 20.6. The number of hydrazine groups is 1. The first-order chi connectivity index (χ1) is 12.7. The molecule has 2 unspecified atom stereocenters. The highest BCUT2D eigenvalue weighted by atomic mass is 16.6. The smallest absolute Gasteiger partial charge is 0.283 e. The summed E-state index contributed by atoms with van der Waals surface area (Å²) in [6, 6.07) is 15.1. The molecular formula is C20H20N2O4. The molecule has 0 aromatic heterocycles. The van der Waals surface area contributed by atoms with Crippen LogP contribution in [0.25, 0.3) is 0 Å². The van der Waals surface area contributed by atoms with Gasteiger partial charge in [-0.3, -0.25) is 20.4 Å². The standard InChI is InChI=1S/C20H20N2O4/c23-19(15-9-5-7-13-6-1-2-8-14(13)15)21-22-20(24)18-12-25-16-10-3-4-11-17(16)26-18/h1-4,6,8,10-11,15,18H,5,7,9,12H2,(H,21,23)(H,22,24). The number of benzene rings is 2. The lowest BCUT2D eigenvalue weighted by Gasteiger charge is -2.27. The number of hydrogen-bond acceptors (Lipinski definition) is 4. The summed E-state index contributed by atoms with van der Waals surface area (Å²) in [7, 11) is 0. The van der Waals surface area contributed by atoms with Crippen molar-refractivity contribution in [1.29, 1.82) is 0 Å². The maximum atomic E-state index is 12.5. The zero-order valence-electron chi connectivity index (χ0n) is 14.2. The van der Waals surface area contributed by atoms with Crippen LogP contribution in [0.2, 0.25) is 0 Å². The van der Waals surface area contributed by atoms with E-state index < -0.39 is 12.0 Å². The number of nitrogens with one attached hydrogen (secondary N) is 2. The molecular weight excluding hydrogens is 332 g/mol. The van der Waals surface area contributed by atoms with Crippen LogP contribution >= 0.6 is 0 Å². The lowest BCUT2D eigenvalue weighted by molar-refractivity contribution is -0.135. The molecule has 4 rings (SSSR count). The molecule has 2 aromatic rings. The number of aryl methyl sites for hydroxylation is 1. The topological polar surface area (TPSA) is 76.7 Å². The van der Waals surface area contributed by atoms with Crippen LogP contribution in [0.4, 0.5) is 0 Å². The summed E-state index contributed by atoms with van der Waals surface area (Å²) < 4.78 is 11.2. The van der Waals surface area contributed by atoms with Gasteiger partial charge in [-0.15, -0.1) is 0 Å². The zero-order chi connectivity index (χ0) is 17.9. The van der Waals surface area contributed by atoms with Crippen molar-refractivity contribution < 1.29 is 19.1 Å². The molecule has 1 aliphatic carbocycles. The van der Waals surface area contributed by atoms with Crippen LogP contribution in [0.3, 0.4) is 0 Å². The first kappa shape index (κ1) is 16.4. The minimum atomic E-state index is -0.802. The van der Waals surface area contributed by atoms with E-state index in [9.17, 15) is 9.59 Å². The van der Waals surface area contributed by atoms with Crippen LogP contribution in [0, 0.1) is 0 Å². The van der Waals surface area contributed by atoms with Gasteiger partial charge in [-0.2, -0.15) is 0 Å². The van der Waals surface area contributed by atoms with Gasteiger partial charge in [0.15, 0.2) is 11.5 Å². The second-order valence-corrected chi connectivity index (χ2v) is 6.49. The van der Waals surface area contributed by atoms with E-state index in [0.717, 1.165) is 24.8 Å². The first-order valence-corrected chi connectivity index (χ1v) is 8.78. The number of ether oxygens (including phenoxy) is 2. The van der Waals surface area contributed by atoms with Crippen LogP contribution in [-0.4, -0.2) is 24.5 Å². The molecule has 6 heteroatoms. The number of amides is 2. The molecule has 2 aromatic carbocycles.